The van der Waals surface area contributed by atoms with Crippen LogP contribution in [0.1, 0.15) is 31.4 Å². The van der Waals surface area contributed by atoms with Gasteiger partial charge in [-0.3, -0.25) is 9.69 Å². The Morgan fingerprint density at radius 1 is 1.08 bits per heavy atom. The lowest BCUT2D eigenvalue weighted by molar-refractivity contribution is -0.137. The standard InChI is InChI=1S/C19H25N5O2/c1-13(14-9-5-4-6-10-14)24-15-16(20-18(24)23-11-7-8-12-23)21(2)19(26)22(3)17(15)25/h4-6,9-10,13,15-16H,7-8,11-12H2,1-3H3. The van der Waals surface area contributed by atoms with Crippen molar-refractivity contribution in [2.45, 2.75) is 38.0 Å². The lowest BCUT2D eigenvalue weighted by Crippen LogP contribution is -2.64. The molecule has 0 aromatic heterocycles. The molecule has 0 saturated carbocycles. The summed E-state index contributed by atoms with van der Waals surface area (Å²) in [4.78, 5) is 37.4. The SMILES string of the molecule is CC(c1ccccc1)N1C(N2CCCC2)=NC2C1C(=O)N(C)C(=O)N2C. The van der Waals surface area contributed by atoms with Gasteiger partial charge in [0.15, 0.2) is 18.2 Å². The number of rotatable bonds is 2. The highest BCUT2D eigenvalue weighted by molar-refractivity contribution is 6.03. The zero-order chi connectivity index (χ0) is 18.4. The molecule has 0 spiro atoms. The van der Waals surface area contributed by atoms with Gasteiger partial charge in [-0.15, -0.1) is 0 Å². The van der Waals surface area contributed by atoms with E-state index in [9.17, 15) is 9.59 Å². The fourth-order valence-corrected chi connectivity index (χ4v) is 4.18. The smallest absolute Gasteiger partial charge is 0.328 e. The van der Waals surface area contributed by atoms with Crippen LogP contribution < -0.4 is 0 Å². The molecule has 3 amide bonds. The van der Waals surface area contributed by atoms with Crippen LogP contribution in [0.5, 0.6) is 0 Å². The highest BCUT2D eigenvalue weighted by Gasteiger charge is 2.53. The number of hydrogen-bond donors (Lipinski definition) is 0. The molecule has 0 radical (unpaired) electrons. The molecule has 138 valence electrons. The van der Waals surface area contributed by atoms with Crippen LogP contribution in [-0.4, -0.2) is 76.9 Å². The number of likely N-dealkylation sites (N-methyl/N-ethyl adjacent to an activating group) is 2. The number of urea groups is 1. The Bertz CT molecular complexity index is 744. The molecule has 26 heavy (non-hydrogen) atoms. The van der Waals surface area contributed by atoms with Crippen molar-refractivity contribution >= 4 is 17.9 Å². The van der Waals surface area contributed by atoms with E-state index in [0.717, 1.165) is 37.5 Å². The minimum atomic E-state index is -0.478. The molecular weight excluding hydrogens is 330 g/mol. The van der Waals surface area contributed by atoms with Crippen LogP contribution in [0.3, 0.4) is 0 Å². The van der Waals surface area contributed by atoms with E-state index in [1.54, 1.807) is 19.0 Å². The van der Waals surface area contributed by atoms with Crippen LogP contribution in [0.4, 0.5) is 4.79 Å². The Kier molecular flexibility index (Phi) is 4.09. The van der Waals surface area contributed by atoms with Crippen LogP contribution in [-0.2, 0) is 4.79 Å². The summed E-state index contributed by atoms with van der Waals surface area (Å²) >= 11 is 0. The van der Waals surface area contributed by atoms with Crippen molar-refractivity contribution < 1.29 is 9.59 Å². The topological polar surface area (TPSA) is 59.5 Å². The summed E-state index contributed by atoms with van der Waals surface area (Å²) in [5.41, 5.74) is 1.13. The maximum Gasteiger partial charge on any atom is 0.328 e. The second kappa shape index (κ2) is 6.30. The van der Waals surface area contributed by atoms with Crippen LogP contribution in [0.15, 0.2) is 35.3 Å². The zero-order valence-corrected chi connectivity index (χ0v) is 15.5. The van der Waals surface area contributed by atoms with Crippen LogP contribution in [0.2, 0.25) is 0 Å². The van der Waals surface area contributed by atoms with Gasteiger partial charge < -0.3 is 14.7 Å². The molecule has 2 fully saturated rings. The third-order valence-electron chi connectivity index (χ3n) is 5.72. The molecule has 2 saturated heterocycles. The third kappa shape index (κ3) is 2.45. The highest BCUT2D eigenvalue weighted by Crippen LogP contribution is 2.35. The zero-order valence-electron chi connectivity index (χ0n) is 15.5. The van der Waals surface area contributed by atoms with E-state index in [4.69, 9.17) is 4.99 Å². The van der Waals surface area contributed by atoms with Gasteiger partial charge in [0.25, 0.3) is 5.91 Å². The highest BCUT2D eigenvalue weighted by atomic mass is 16.2. The maximum atomic E-state index is 13.0. The molecule has 0 aliphatic carbocycles. The van der Waals surface area contributed by atoms with Gasteiger partial charge in [0.1, 0.15) is 0 Å². The van der Waals surface area contributed by atoms with E-state index in [-0.39, 0.29) is 18.0 Å². The summed E-state index contributed by atoms with van der Waals surface area (Å²) in [6.45, 7) is 3.99. The maximum absolute atomic E-state index is 13.0. The number of fused-ring (bicyclic) bond motifs is 1. The molecule has 3 aliphatic rings. The number of imide groups is 1. The van der Waals surface area contributed by atoms with E-state index in [1.165, 1.54) is 4.90 Å². The van der Waals surface area contributed by atoms with Crippen molar-refractivity contribution in [1.29, 1.82) is 0 Å². The van der Waals surface area contributed by atoms with Gasteiger partial charge in [-0.25, -0.2) is 9.79 Å². The summed E-state index contributed by atoms with van der Waals surface area (Å²) in [7, 11) is 3.28. The van der Waals surface area contributed by atoms with Crippen LogP contribution in [0.25, 0.3) is 0 Å². The number of benzene rings is 1. The fraction of sp³-hybridized carbons (Fsp3) is 0.526. The van der Waals surface area contributed by atoms with Crippen LogP contribution in [0, 0.1) is 0 Å². The lowest BCUT2D eigenvalue weighted by Gasteiger charge is -2.42. The van der Waals surface area contributed by atoms with E-state index in [1.807, 2.05) is 18.2 Å². The second-order valence-corrected chi connectivity index (χ2v) is 7.27. The Morgan fingerprint density at radius 2 is 1.73 bits per heavy atom. The largest absolute Gasteiger partial charge is 0.343 e. The van der Waals surface area contributed by atoms with Gasteiger partial charge in [0, 0.05) is 27.2 Å². The van der Waals surface area contributed by atoms with E-state index in [2.05, 4.69) is 28.9 Å². The second-order valence-electron chi connectivity index (χ2n) is 7.27. The Labute approximate surface area is 153 Å². The quantitative estimate of drug-likeness (QED) is 0.811. The van der Waals surface area contributed by atoms with Gasteiger partial charge >= 0.3 is 6.03 Å². The number of carbonyl (C=O) groups excluding carboxylic acids is 2. The molecule has 0 N–H and O–H groups in total. The molecule has 0 bridgehead atoms. The first-order valence-electron chi connectivity index (χ1n) is 9.21. The molecule has 3 atom stereocenters. The predicted molar refractivity (Wildman–Crippen MR) is 98.4 cm³/mol. The average molecular weight is 355 g/mol. The summed E-state index contributed by atoms with van der Waals surface area (Å²) in [6, 6.07) is 9.38. The third-order valence-corrected chi connectivity index (χ3v) is 5.72. The van der Waals surface area contributed by atoms with Crippen molar-refractivity contribution in [2.24, 2.45) is 4.99 Å². The van der Waals surface area contributed by atoms with Gasteiger partial charge in [-0.05, 0) is 25.3 Å². The van der Waals surface area contributed by atoms with Gasteiger partial charge in [-0.2, -0.15) is 0 Å². The van der Waals surface area contributed by atoms with Crippen molar-refractivity contribution in [2.75, 3.05) is 27.2 Å². The first kappa shape index (κ1) is 16.9. The minimum absolute atomic E-state index is 0.00972. The average Bonchev–Trinajstić information content (AvgIpc) is 3.32. The first-order valence-corrected chi connectivity index (χ1v) is 9.21. The molecule has 3 heterocycles. The van der Waals surface area contributed by atoms with Crippen molar-refractivity contribution in [3.63, 3.8) is 0 Å². The summed E-state index contributed by atoms with van der Waals surface area (Å²) in [6.07, 6.45) is 1.79. The van der Waals surface area contributed by atoms with E-state index in [0.29, 0.717) is 0 Å². The Morgan fingerprint density at radius 3 is 2.38 bits per heavy atom. The molecule has 7 nitrogen and oxygen atoms in total. The normalized spacial score (nSPS) is 27.1. The monoisotopic (exact) mass is 355 g/mol. The number of carbonyl (C=O) groups is 2. The number of aliphatic imine (C=N–C) groups is 1. The van der Waals surface area contributed by atoms with Crippen molar-refractivity contribution in [3.8, 4) is 0 Å². The van der Waals surface area contributed by atoms with E-state index >= 15 is 0 Å². The number of likely N-dealkylation sites (tertiary alicyclic amines) is 1. The number of nitrogens with zero attached hydrogens (tertiary/aromatic N) is 5. The number of amides is 3. The molecule has 1 aromatic carbocycles. The molecule has 4 rings (SSSR count). The van der Waals surface area contributed by atoms with Gasteiger partial charge in [-0.1, -0.05) is 30.3 Å². The van der Waals surface area contributed by atoms with E-state index < -0.39 is 12.2 Å². The molecular formula is C19H25N5O2. The summed E-state index contributed by atoms with van der Waals surface area (Å²) in [5.74, 6) is 0.663. The van der Waals surface area contributed by atoms with Gasteiger partial charge in [0.2, 0.25) is 0 Å². The lowest BCUT2D eigenvalue weighted by atomic mass is 10.0. The minimum Gasteiger partial charge on any atom is -0.343 e. The molecule has 7 heteroatoms. The number of hydrogen-bond acceptors (Lipinski definition) is 5. The molecule has 3 aliphatic heterocycles. The predicted octanol–water partition coefficient (Wildman–Crippen LogP) is 1.73. The van der Waals surface area contributed by atoms with Gasteiger partial charge in [0.05, 0.1) is 6.04 Å². The fourth-order valence-electron chi connectivity index (χ4n) is 4.18. The molecule has 3 unspecified atom stereocenters. The Hall–Kier alpha value is -2.57. The van der Waals surface area contributed by atoms with Crippen molar-refractivity contribution in [1.82, 2.24) is 19.6 Å². The Balaban J connectivity index is 1.76. The summed E-state index contributed by atoms with van der Waals surface area (Å²) in [5, 5.41) is 0. The van der Waals surface area contributed by atoms with Crippen LogP contribution >= 0.6 is 0 Å². The molecule has 1 aromatic rings. The summed E-state index contributed by atoms with van der Waals surface area (Å²) < 4.78 is 0. The first-order chi connectivity index (χ1) is 12.5. The number of guanidine groups is 1. The van der Waals surface area contributed by atoms with Crippen molar-refractivity contribution in [3.05, 3.63) is 35.9 Å².